The number of aliphatic hydroxyl groups is 2. The third-order valence-electron chi connectivity index (χ3n) is 5.20. The van der Waals surface area contributed by atoms with Crippen LogP contribution >= 0.6 is 23.4 Å². The number of thioether (sulfide) groups is 1. The molecule has 0 bridgehead atoms. The topological polar surface area (TPSA) is 56.6 Å². The van der Waals surface area contributed by atoms with Crippen molar-refractivity contribution < 1.29 is 10.2 Å². The Labute approximate surface area is 188 Å². The zero-order valence-electron chi connectivity index (χ0n) is 17.5. The first-order chi connectivity index (χ1) is 14.5. The van der Waals surface area contributed by atoms with E-state index in [9.17, 15) is 10.2 Å². The van der Waals surface area contributed by atoms with E-state index in [4.69, 9.17) is 11.6 Å². The smallest absolute Gasteiger partial charge is 0.0833 e. The van der Waals surface area contributed by atoms with E-state index in [-0.39, 0.29) is 13.2 Å². The van der Waals surface area contributed by atoms with Crippen LogP contribution in [0.25, 0.3) is 0 Å². The van der Waals surface area contributed by atoms with Crippen LogP contribution in [-0.2, 0) is 6.54 Å². The molecule has 6 heteroatoms. The number of halogens is 1. The summed E-state index contributed by atoms with van der Waals surface area (Å²) < 4.78 is 0. The molecule has 160 valence electrons. The highest BCUT2D eigenvalue weighted by Crippen LogP contribution is 2.40. The van der Waals surface area contributed by atoms with Gasteiger partial charge in [0, 0.05) is 51.6 Å². The Kier molecular flexibility index (Phi) is 8.40. The largest absolute Gasteiger partial charge is 0.392 e. The molecule has 2 N–H and O–H groups in total. The summed E-state index contributed by atoms with van der Waals surface area (Å²) in [5, 5.41) is 21.2. The predicted molar refractivity (Wildman–Crippen MR) is 124 cm³/mol. The van der Waals surface area contributed by atoms with E-state index < -0.39 is 0 Å². The fraction of sp³-hybridized carbons (Fsp3) is 0.375. The standard InChI is InChI=1S/C24H29ClN2O2S/c1-17(2)6-7-21-22(15-28)23(16-29)27(13-18-8-10-26-11-9-18)14-24(21)30-20-5-3-4-19(25)12-20/h3-5,8-12,17,28-29H,6-7,13-16H2,1-2H3. The van der Waals surface area contributed by atoms with Gasteiger partial charge in [-0.05, 0) is 60.2 Å². The molecule has 0 amide bonds. The van der Waals surface area contributed by atoms with Crippen molar-refractivity contribution in [1.29, 1.82) is 0 Å². The fourth-order valence-corrected chi connectivity index (χ4v) is 5.07. The molecule has 1 aliphatic heterocycles. The first-order valence-electron chi connectivity index (χ1n) is 10.2. The highest BCUT2D eigenvalue weighted by molar-refractivity contribution is 8.03. The molecule has 0 saturated heterocycles. The number of aliphatic hydroxyl groups excluding tert-OH is 2. The van der Waals surface area contributed by atoms with E-state index in [0.29, 0.717) is 24.0 Å². The van der Waals surface area contributed by atoms with Gasteiger partial charge in [0.2, 0.25) is 0 Å². The van der Waals surface area contributed by atoms with Crippen LogP contribution < -0.4 is 0 Å². The molecule has 4 nitrogen and oxygen atoms in total. The van der Waals surface area contributed by atoms with Crippen LogP contribution in [0.2, 0.25) is 5.02 Å². The van der Waals surface area contributed by atoms with Gasteiger partial charge in [-0.15, -0.1) is 0 Å². The average molecular weight is 445 g/mol. The molecule has 0 atom stereocenters. The maximum atomic E-state index is 10.3. The number of hydrogen-bond donors (Lipinski definition) is 2. The lowest BCUT2D eigenvalue weighted by atomic mass is 9.92. The Morgan fingerprint density at radius 2 is 1.87 bits per heavy atom. The third kappa shape index (κ3) is 5.88. The van der Waals surface area contributed by atoms with E-state index in [1.165, 1.54) is 4.91 Å². The monoisotopic (exact) mass is 444 g/mol. The molecule has 0 unspecified atom stereocenters. The Morgan fingerprint density at radius 1 is 1.10 bits per heavy atom. The summed E-state index contributed by atoms with van der Waals surface area (Å²) in [7, 11) is 0. The van der Waals surface area contributed by atoms with Gasteiger partial charge in [-0.1, -0.05) is 43.3 Å². The number of rotatable bonds is 9. The van der Waals surface area contributed by atoms with Crippen molar-refractivity contribution in [3.63, 3.8) is 0 Å². The molecular formula is C24H29ClN2O2S. The minimum absolute atomic E-state index is 0.0875. The van der Waals surface area contributed by atoms with E-state index in [1.807, 2.05) is 30.3 Å². The number of aromatic nitrogens is 1. The van der Waals surface area contributed by atoms with Crippen molar-refractivity contribution in [1.82, 2.24) is 9.88 Å². The number of pyridine rings is 1. The number of benzene rings is 1. The first kappa shape index (κ1) is 22.9. The average Bonchev–Trinajstić information content (AvgIpc) is 2.73. The van der Waals surface area contributed by atoms with Gasteiger partial charge in [-0.25, -0.2) is 0 Å². The zero-order chi connectivity index (χ0) is 21.5. The van der Waals surface area contributed by atoms with Crippen LogP contribution in [0.4, 0.5) is 0 Å². The summed E-state index contributed by atoms with van der Waals surface area (Å²) in [4.78, 5) is 8.53. The van der Waals surface area contributed by atoms with Gasteiger partial charge in [-0.3, -0.25) is 4.98 Å². The van der Waals surface area contributed by atoms with Crippen molar-refractivity contribution in [2.24, 2.45) is 5.92 Å². The molecular weight excluding hydrogens is 416 g/mol. The molecule has 1 aromatic carbocycles. The second-order valence-corrected chi connectivity index (χ2v) is 9.45. The second kappa shape index (κ2) is 11.0. The van der Waals surface area contributed by atoms with Gasteiger partial charge in [0.05, 0.1) is 13.2 Å². The second-order valence-electron chi connectivity index (χ2n) is 7.85. The fourth-order valence-electron chi connectivity index (χ4n) is 3.63. The summed E-state index contributed by atoms with van der Waals surface area (Å²) in [6.45, 7) is 5.57. The van der Waals surface area contributed by atoms with E-state index in [0.717, 1.165) is 40.1 Å². The summed E-state index contributed by atoms with van der Waals surface area (Å²) >= 11 is 7.91. The highest BCUT2D eigenvalue weighted by Gasteiger charge is 2.27. The van der Waals surface area contributed by atoms with Crippen molar-refractivity contribution >= 4 is 23.4 Å². The minimum atomic E-state index is -0.0960. The van der Waals surface area contributed by atoms with Crippen LogP contribution in [-0.4, -0.2) is 39.9 Å². The molecule has 0 spiro atoms. The highest BCUT2D eigenvalue weighted by atomic mass is 35.5. The molecule has 1 aromatic heterocycles. The number of nitrogens with zero attached hydrogens (tertiary/aromatic N) is 2. The normalized spacial score (nSPS) is 14.8. The molecule has 0 saturated carbocycles. The third-order valence-corrected chi connectivity index (χ3v) is 6.55. The molecule has 1 aliphatic rings. The Hall–Kier alpha value is -1.79. The Balaban J connectivity index is 1.99. The molecule has 2 heterocycles. The Bertz CT molecular complexity index is 912. The maximum absolute atomic E-state index is 10.3. The Morgan fingerprint density at radius 3 is 2.50 bits per heavy atom. The lowest BCUT2D eigenvalue weighted by Crippen LogP contribution is -2.32. The summed E-state index contributed by atoms with van der Waals surface area (Å²) in [6.07, 6.45) is 5.46. The zero-order valence-corrected chi connectivity index (χ0v) is 19.1. The maximum Gasteiger partial charge on any atom is 0.0833 e. The minimum Gasteiger partial charge on any atom is -0.392 e. The van der Waals surface area contributed by atoms with Gasteiger partial charge in [0.1, 0.15) is 0 Å². The molecule has 0 radical (unpaired) electrons. The summed E-state index contributed by atoms with van der Waals surface area (Å²) in [6, 6.07) is 11.8. The van der Waals surface area contributed by atoms with Crippen LogP contribution in [0.3, 0.4) is 0 Å². The van der Waals surface area contributed by atoms with E-state index in [2.05, 4.69) is 29.8 Å². The molecule has 30 heavy (non-hydrogen) atoms. The lowest BCUT2D eigenvalue weighted by Gasteiger charge is -2.36. The molecule has 0 fully saturated rings. The van der Waals surface area contributed by atoms with E-state index >= 15 is 0 Å². The van der Waals surface area contributed by atoms with Gasteiger partial charge < -0.3 is 15.1 Å². The number of hydrogen-bond acceptors (Lipinski definition) is 5. The van der Waals surface area contributed by atoms with Crippen molar-refractivity contribution in [3.05, 3.63) is 81.1 Å². The van der Waals surface area contributed by atoms with Crippen molar-refractivity contribution in [2.45, 2.75) is 38.1 Å². The van der Waals surface area contributed by atoms with Crippen molar-refractivity contribution in [2.75, 3.05) is 19.8 Å². The van der Waals surface area contributed by atoms with Crippen LogP contribution in [0.1, 0.15) is 32.3 Å². The molecule has 0 aliphatic carbocycles. The SMILES string of the molecule is CC(C)CCC1=C(Sc2cccc(Cl)c2)CN(Cc2ccncc2)C(CO)=C1CO. The van der Waals surface area contributed by atoms with Gasteiger partial charge >= 0.3 is 0 Å². The van der Waals surface area contributed by atoms with Crippen LogP contribution in [0.5, 0.6) is 0 Å². The van der Waals surface area contributed by atoms with Crippen molar-refractivity contribution in [3.8, 4) is 0 Å². The summed E-state index contributed by atoms with van der Waals surface area (Å²) in [5.41, 5.74) is 3.93. The van der Waals surface area contributed by atoms with Gasteiger partial charge in [0.15, 0.2) is 0 Å². The van der Waals surface area contributed by atoms with Gasteiger partial charge in [0.25, 0.3) is 0 Å². The molecule has 3 rings (SSSR count). The first-order valence-corrected chi connectivity index (χ1v) is 11.4. The van der Waals surface area contributed by atoms with Crippen LogP contribution in [0, 0.1) is 5.92 Å². The predicted octanol–water partition coefficient (Wildman–Crippen LogP) is 5.27. The lowest BCUT2D eigenvalue weighted by molar-refractivity contribution is 0.241. The summed E-state index contributed by atoms with van der Waals surface area (Å²) in [5.74, 6) is 0.558. The molecule has 2 aromatic rings. The van der Waals surface area contributed by atoms with Crippen LogP contribution in [0.15, 0.2) is 75.4 Å². The quantitative estimate of drug-likeness (QED) is 0.551. The van der Waals surface area contributed by atoms with E-state index in [1.54, 1.807) is 24.2 Å². The van der Waals surface area contributed by atoms with Gasteiger partial charge in [-0.2, -0.15) is 0 Å².